The lowest BCUT2D eigenvalue weighted by molar-refractivity contribution is 0.415. The van der Waals surface area contributed by atoms with Gasteiger partial charge in [-0.2, -0.15) is 0 Å². The maximum Gasteiger partial charge on any atom is 0.174 e. The van der Waals surface area contributed by atoms with E-state index in [0.717, 1.165) is 46.2 Å². The van der Waals surface area contributed by atoms with Crippen molar-refractivity contribution in [3.8, 4) is 17.1 Å². The lowest BCUT2D eigenvalue weighted by Gasteiger charge is -2.20. The Morgan fingerprint density at radius 1 is 1.04 bits per heavy atom. The number of nitrogens with one attached hydrogen (secondary N) is 1. The molecule has 0 atom stereocenters. The Bertz CT molecular complexity index is 936. The molecule has 1 saturated heterocycles. The highest BCUT2D eigenvalue weighted by Gasteiger charge is 2.17. The van der Waals surface area contributed by atoms with Gasteiger partial charge in [0.2, 0.25) is 0 Å². The van der Waals surface area contributed by atoms with Crippen LogP contribution in [-0.4, -0.2) is 40.2 Å². The van der Waals surface area contributed by atoms with Crippen molar-refractivity contribution in [1.29, 1.82) is 0 Å². The zero-order chi connectivity index (χ0) is 17.9. The van der Waals surface area contributed by atoms with Gasteiger partial charge in [-0.05, 0) is 61.5 Å². The largest absolute Gasteiger partial charge is 0.497 e. The van der Waals surface area contributed by atoms with Crippen molar-refractivity contribution in [3.63, 3.8) is 0 Å². The van der Waals surface area contributed by atoms with Crippen LogP contribution in [0.1, 0.15) is 12.8 Å². The normalized spacial score (nSPS) is 13.8. The molecule has 1 aromatic heterocycles. The molecule has 0 radical (unpaired) electrons. The number of fused-ring (bicyclic) bond motifs is 1. The molecule has 1 N–H and O–H groups in total. The second-order valence-corrected chi connectivity index (χ2v) is 6.65. The first-order chi connectivity index (χ1) is 12.7. The highest BCUT2D eigenvalue weighted by atomic mass is 32.1. The van der Waals surface area contributed by atoms with Gasteiger partial charge in [-0.1, -0.05) is 12.1 Å². The van der Waals surface area contributed by atoms with Crippen LogP contribution < -0.4 is 10.1 Å². The van der Waals surface area contributed by atoms with E-state index in [1.54, 1.807) is 7.11 Å². The molecule has 0 amide bonds. The van der Waals surface area contributed by atoms with Gasteiger partial charge in [-0.15, -0.1) is 0 Å². The van der Waals surface area contributed by atoms with E-state index in [1.807, 2.05) is 48.5 Å². The predicted octanol–water partition coefficient (Wildman–Crippen LogP) is 4.10. The third-order valence-corrected chi connectivity index (χ3v) is 4.93. The van der Waals surface area contributed by atoms with Crippen LogP contribution in [-0.2, 0) is 0 Å². The summed E-state index contributed by atoms with van der Waals surface area (Å²) in [5, 5.41) is 5.03. The van der Waals surface area contributed by atoms with Gasteiger partial charge >= 0.3 is 0 Å². The molecule has 1 aliphatic heterocycles. The van der Waals surface area contributed by atoms with E-state index < -0.39 is 0 Å². The molecule has 0 aliphatic carbocycles. The third-order valence-electron chi connectivity index (χ3n) is 4.57. The first kappa shape index (κ1) is 16.7. The number of rotatable bonds is 3. The van der Waals surface area contributed by atoms with Crippen LogP contribution in [0.5, 0.6) is 5.75 Å². The van der Waals surface area contributed by atoms with E-state index in [2.05, 4.69) is 10.2 Å². The number of hydrogen-bond donors (Lipinski definition) is 1. The Kier molecular flexibility index (Phi) is 4.67. The summed E-state index contributed by atoms with van der Waals surface area (Å²) >= 11 is 5.59. The number of methoxy groups -OCH3 is 1. The summed E-state index contributed by atoms with van der Waals surface area (Å²) in [5.41, 5.74) is 1.83. The Balaban J connectivity index is 1.73. The number of para-hydroxylation sites is 1. The molecule has 1 aliphatic rings. The maximum atomic E-state index is 5.59. The van der Waals surface area contributed by atoms with E-state index in [-0.39, 0.29) is 0 Å². The summed E-state index contributed by atoms with van der Waals surface area (Å²) in [4.78, 5) is 11.7. The minimum Gasteiger partial charge on any atom is -0.497 e. The van der Waals surface area contributed by atoms with Crippen molar-refractivity contribution in [2.24, 2.45) is 0 Å². The number of nitrogens with zero attached hydrogens (tertiary/aromatic N) is 3. The number of thiocarbonyl (C=S) groups is 1. The van der Waals surface area contributed by atoms with E-state index in [9.17, 15) is 0 Å². The van der Waals surface area contributed by atoms with Crippen molar-refractivity contribution in [3.05, 3.63) is 48.5 Å². The summed E-state index contributed by atoms with van der Waals surface area (Å²) in [6.45, 7) is 2.00. The highest BCUT2D eigenvalue weighted by molar-refractivity contribution is 7.80. The quantitative estimate of drug-likeness (QED) is 0.706. The van der Waals surface area contributed by atoms with Gasteiger partial charge in [0.15, 0.2) is 10.9 Å². The summed E-state index contributed by atoms with van der Waals surface area (Å²) < 4.78 is 5.23. The lowest BCUT2D eigenvalue weighted by atomic mass is 10.1. The van der Waals surface area contributed by atoms with E-state index in [0.29, 0.717) is 5.82 Å². The zero-order valence-electron chi connectivity index (χ0n) is 14.6. The van der Waals surface area contributed by atoms with Crippen molar-refractivity contribution < 1.29 is 4.74 Å². The van der Waals surface area contributed by atoms with Crippen LogP contribution >= 0.6 is 12.2 Å². The van der Waals surface area contributed by atoms with Gasteiger partial charge in [0.1, 0.15) is 11.6 Å². The summed E-state index contributed by atoms with van der Waals surface area (Å²) in [5.74, 6) is 2.22. The molecule has 0 spiro atoms. The van der Waals surface area contributed by atoms with Crippen LogP contribution in [0.15, 0.2) is 48.5 Å². The molecule has 3 aromatic rings. The second kappa shape index (κ2) is 7.25. The Morgan fingerprint density at radius 3 is 2.50 bits per heavy atom. The lowest BCUT2D eigenvalue weighted by Crippen LogP contribution is -2.32. The highest BCUT2D eigenvalue weighted by Crippen LogP contribution is 2.26. The molecule has 5 nitrogen and oxygen atoms in total. The fourth-order valence-corrected chi connectivity index (χ4v) is 3.42. The van der Waals surface area contributed by atoms with Gasteiger partial charge in [0, 0.05) is 24.0 Å². The maximum absolute atomic E-state index is 5.59. The molecule has 0 saturated carbocycles. The number of anilines is 1. The Hall–Kier alpha value is -2.73. The van der Waals surface area contributed by atoms with Gasteiger partial charge in [0.05, 0.1) is 12.6 Å². The molecule has 0 unspecified atom stereocenters. The minimum absolute atomic E-state index is 0.665. The number of aromatic nitrogens is 2. The molecule has 132 valence electrons. The van der Waals surface area contributed by atoms with Crippen LogP contribution in [0.25, 0.3) is 22.3 Å². The number of likely N-dealkylation sites (tertiary alicyclic amines) is 1. The molecule has 1 fully saturated rings. The van der Waals surface area contributed by atoms with Crippen LogP contribution in [0.2, 0.25) is 0 Å². The molecule has 2 aromatic carbocycles. The van der Waals surface area contributed by atoms with Crippen molar-refractivity contribution in [2.75, 3.05) is 25.5 Å². The first-order valence-corrected chi connectivity index (χ1v) is 9.12. The molecule has 6 heteroatoms. The minimum atomic E-state index is 0.665. The number of benzene rings is 2. The molecule has 26 heavy (non-hydrogen) atoms. The number of hydrogen-bond acceptors (Lipinski definition) is 4. The number of ether oxygens (including phenoxy) is 1. The summed E-state index contributed by atoms with van der Waals surface area (Å²) in [6, 6.07) is 15.7. The topological polar surface area (TPSA) is 50.3 Å². The van der Waals surface area contributed by atoms with Crippen molar-refractivity contribution in [2.45, 2.75) is 12.8 Å². The fourth-order valence-electron chi connectivity index (χ4n) is 3.14. The van der Waals surface area contributed by atoms with Crippen LogP contribution in [0.4, 0.5) is 5.82 Å². The van der Waals surface area contributed by atoms with Crippen LogP contribution in [0, 0.1) is 0 Å². The summed E-state index contributed by atoms with van der Waals surface area (Å²) in [7, 11) is 1.66. The molecule has 2 heterocycles. The zero-order valence-corrected chi connectivity index (χ0v) is 15.4. The molecule has 4 rings (SSSR count). The van der Waals surface area contributed by atoms with Gasteiger partial charge in [0.25, 0.3) is 0 Å². The van der Waals surface area contributed by atoms with Crippen molar-refractivity contribution >= 4 is 34.1 Å². The monoisotopic (exact) mass is 364 g/mol. The SMILES string of the molecule is COc1ccc(-c2nc(NC(=S)N3CCCC3)c3ccccc3n2)cc1. The first-order valence-electron chi connectivity index (χ1n) is 8.72. The second-order valence-electron chi connectivity index (χ2n) is 6.27. The Morgan fingerprint density at radius 2 is 1.77 bits per heavy atom. The smallest absolute Gasteiger partial charge is 0.174 e. The van der Waals surface area contributed by atoms with Gasteiger partial charge < -0.3 is 15.0 Å². The van der Waals surface area contributed by atoms with E-state index >= 15 is 0 Å². The third kappa shape index (κ3) is 3.32. The average Bonchev–Trinajstić information content (AvgIpc) is 3.23. The van der Waals surface area contributed by atoms with Crippen molar-refractivity contribution in [1.82, 2.24) is 14.9 Å². The van der Waals surface area contributed by atoms with E-state index in [4.69, 9.17) is 26.9 Å². The molecular formula is C20H20N4OS. The van der Waals surface area contributed by atoms with Crippen LogP contribution in [0.3, 0.4) is 0 Å². The molecular weight excluding hydrogens is 344 g/mol. The predicted molar refractivity (Wildman–Crippen MR) is 109 cm³/mol. The van der Waals surface area contributed by atoms with Gasteiger partial charge in [-0.25, -0.2) is 9.97 Å². The van der Waals surface area contributed by atoms with E-state index in [1.165, 1.54) is 12.8 Å². The average molecular weight is 364 g/mol. The standard InChI is InChI=1S/C20H20N4OS/c1-25-15-10-8-14(9-11-15)18-21-17-7-3-2-6-16(17)19(22-18)23-20(26)24-12-4-5-13-24/h2-3,6-11H,4-5,12-13H2,1H3,(H,21,22,23,26). The Labute approximate surface area is 158 Å². The molecule has 0 bridgehead atoms. The fraction of sp³-hybridized carbons (Fsp3) is 0.250. The van der Waals surface area contributed by atoms with Gasteiger partial charge in [-0.3, -0.25) is 0 Å². The summed E-state index contributed by atoms with van der Waals surface area (Å²) in [6.07, 6.45) is 2.37.